The number of hydrogen-bond acceptors (Lipinski definition) is 4. The van der Waals surface area contributed by atoms with Crippen LogP contribution in [0.25, 0.3) is 0 Å². The second kappa shape index (κ2) is 5.81. The van der Waals surface area contributed by atoms with Crippen LogP contribution in [0.15, 0.2) is 18.2 Å². The van der Waals surface area contributed by atoms with Crippen LogP contribution in [0.5, 0.6) is 5.75 Å². The lowest BCUT2D eigenvalue weighted by atomic mass is 10.1. The van der Waals surface area contributed by atoms with E-state index >= 15 is 0 Å². The molecule has 0 radical (unpaired) electrons. The van der Waals surface area contributed by atoms with Crippen LogP contribution in [-0.2, 0) is 19.6 Å². The molecule has 0 unspecified atom stereocenters. The zero-order chi connectivity index (χ0) is 14.8. The molecule has 1 aliphatic heterocycles. The molecule has 1 aromatic heterocycles. The lowest BCUT2D eigenvalue weighted by molar-refractivity contribution is 0.198. The van der Waals surface area contributed by atoms with Gasteiger partial charge in [-0.05, 0) is 37.5 Å². The van der Waals surface area contributed by atoms with Crippen molar-refractivity contribution in [1.82, 2.24) is 14.8 Å². The summed E-state index contributed by atoms with van der Waals surface area (Å²) in [6.07, 6.45) is 2.48. The van der Waals surface area contributed by atoms with E-state index in [-0.39, 0.29) is 12.4 Å². The first-order valence-electron chi connectivity index (χ1n) is 7.16. The lowest BCUT2D eigenvalue weighted by Gasteiger charge is -2.15. The Labute approximate surface area is 122 Å². The van der Waals surface area contributed by atoms with Gasteiger partial charge in [0.15, 0.2) is 17.4 Å². The maximum atomic E-state index is 13.9. The summed E-state index contributed by atoms with van der Waals surface area (Å²) in [5, 5.41) is 17.7. The smallest absolute Gasteiger partial charge is 0.171 e. The molecule has 5 nitrogen and oxygen atoms in total. The minimum Gasteiger partial charge on any atom is -0.483 e. The molecule has 2 aromatic rings. The highest BCUT2D eigenvalue weighted by Crippen LogP contribution is 2.23. The molecule has 0 saturated carbocycles. The molecule has 1 N–H and O–H groups in total. The normalized spacial score (nSPS) is 15.6. The zero-order valence-electron chi connectivity index (χ0n) is 11.9. The Balaban J connectivity index is 1.72. The van der Waals surface area contributed by atoms with E-state index in [4.69, 9.17) is 4.74 Å². The Morgan fingerprint density at radius 2 is 2.24 bits per heavy atom. The maximum absolute atomic E-state index is 13.9. The molecule has 6 heteroatoms. The minimum atomic E-state index is -0.697. The topological polar surface area (TPSA) is 60.2 Å². The number of ether oxygens (including phenoxy) is 1. The molecular formula is C15H18FN3O2. The van der Waals surface area contributed by atoms with E-state index in [1.807, 2.05) is 4.57 Å². The van der Waals surface area contributed by atoms with E-state index in [1.54, 1.807) is 13.0 Å². The highest BCUT2D eigenvalue weighted by Gasteiger charge is 2.16. The van der Waals surface area contributed by atoms with Gasteiger partial charge in [-0.15, -0.1) is 10.2 Å². The van der Waals surface area contributed by atoms with E-state index < -0.39 is 11.9 Å². The van der Waals surface area contributed by atoms with Gasteiger partial charge in [0.05, 0.1) is 6.10 Å². The van der Waals surface area contributed by atoms with Crippen molar-refractivity contribution < 1.29 is 14.2 Å². The van der Waals surface area contributed by atoms with Gasteiger partial charge in [0.25, 0.3) is 0 Å². The van der Waals surface area contributed by atoms with Crippen LogP contribution in [0.3, 0.4) is 0 Å². The molecule has 2 heterocycles. The second-order valence-electron chi connectivity index (χ2n) is 5.30. The van der Waals surface area contributed by atoms with Crippen molar-refractivity contribution in [2.75, 3.05) is 0 Å². The van der Waals surface area contributed by atoms with Gasteiger partial charge < -0.3 is 14.4 Å². The minimum absolute atomic E-state index is 0.160. The van der Waals surface area contributed by atoms with Crippen LogP contribution in [-0.4, -0.2) is 19.9 Å². The Bertz CT molecular complexity index is 640. The van der Waals surface area contributed by atoms with Crippen molar-refractivity contribution in [3.05, 3.63) is 41.2 Å². The first kappa shape index (κ1) is 14.0. The van der Waals surface area contributed by atoms with Gasteiger partial charge in [0.2, 0.25) is 0 Å². The van der Waals surface area contributed by atoms with Crippen LogP contribution in [0.1, 0.15) is 43.1 Å². The number of aromatic nitrogens is 3. The molecule has 1 atom stereocenters. The summed E-state index contributed by atoms with van der Waals surface area (Å²) < 4.78 is 21.4. The molecular weight excluding hydrogens is 273 g/mol. The molecule has 0 saturated heterocycles. The van der Waals surface area contributed by atoms with Crippen LogP contribution >= 0.6 is 0 Å². The average Bonchev–Trinajstić information content (AvgIpc) is 2.89. The van der Waals surface area contributed by atoms with Gasteiger partial charge in [0.1, 0.15) is 12.4 Å². The molecule has 0 fully saturated rings. The molecule has 0 spiro atoms. The zero-order valence-corrected chi connectivity index (χ0v) is 11.9. The van der Waals surface area contributed by atoms with Crippen LogP contribution < -0.4 is 4.74 Å². The molecule has 0 bridgehead atoms. The lowest BCUT2D eigenvalue weighted by Crippen LogP contribution is -2.14. The molecule has 0 aliphatic carbocycles. The number of nitrogens with zero attached hydrogens (tertiary/aromatic N) is 3. The Morgan fingerprint density at radius 1 is 1.38 bits per heavy atom. The number of aliphatic hydroxyl groups is 1. The van der Waals surface area contributed by atoms with Gasteiger partial charge in [-0.2, -0.15) is 0 Å². The Hall–Kier alpha value is -1.95. The quantitative estimate of drug-likeness (QED) is 0.939. The number of aryl methyl sites for hydroxylation is 1. The summed E-state index contributed by atoms with van der Waals surface area (Å²) in [5.74, 6) is 1.38. The molecule has 112 valence electrons. The third-order valence-corrected chi connectivity index (χ3v) is 3.73. The first-order chi connectivity index (χ1) is 10.1. The highest BCUT2D eigenvalue weighted by molar-refractivity contribution is 5.30. The van der Waals surface area contributed by atoms with Gasteiger partial charge in [-0.3, -0.25) is 0 Å². The van der Waals surface area contributed by atoms with E-state index in [1.165, 1.54) is 12.1 Å². The van der Waals surface area contributed by atoms with E-state index in [2.05, 4.69) is 10.2 Å². The van der Waals surface area contributed by atoms with Crippen molar-refractivity contribution in [3.63, 3.8) is 0 Å². The summed E-state index contributed by atoms with van der Waals surface area (Å²) >= 11 is 0. The van der Waals surface area contributed by atoms with E-state index in [9.17, 15) is 9.50 Å². The van der Waals surface area contributed by atoms with Crippen molar-refractivity contribution in [1.29, 1.82) is 0 Å². The number of hydrogen-bond donors (Lipinski definition) is 1. The summed E-state index contributed by atoms with van der Waals surface area (Å²) in [6.45, 7) is 2.68. The van der Waals surface area contributed by atoms with Gasteiger partial charge in [-0.25, -0.2) is 4.39 Å². The molecule has 0 amide bonds. The predicted octanol–water partition coefficient (Wildman–Crippen LogP) is 2.39. The van der Waals surface area contributed by atoms with Crippen molar-refractivity contribution >= 4 is 0 Å². The third kappa shape index (κ3) is 2.90. The predicted molar refractivity (Wildman–Crippen MR) is 74.3 cm³/mol. The van der Waals surface area contributed by atoms with Crippen molar-refractivity contribution in [3.8, 4) is 5.75 Å². The Kier molecular flexibility index (Phi) is 3.88. The standard InChI is InChI=1S/C15H18FN3O2/c1-10(20)11-5-6-13(12(16)8-11)21-9-15-18-17-14-4-2-3-7-19(14)15/h5-6,8,10,20H,2-4,7,9H2,1H3/t10-/m0/s1. The van der Waals surface area contributed by atoms with E-state index in [0.29, 0.717) is 5.56 Å². The van der Waals surface area contributed by atoms with E-state index in [0.717, 1.165) is 37.5 Å². The average molecular weight is 291 g/mol. The fourth-order valence-corrected chi connectivity index (χ4v) is 2.51. The number of rotatable bonds is 4. The van der Waals surface area contributed by atoms with Gasteiger partial charge in [0, 0.05) is 13.0 Å². The maximum Gasteiger partial charge on any atom is 0.171 e. The number of aliphatic hydroxyl groups excluding tert-OH is 1. The highest BCUT2D eigenvalue weighted by atomic mass is 19.1. The molecule has 1 aliphatic rings. The van der Waals surface area contributed by atoms with Crippen molar-refractivity contribution in [2.45, 2.75) is 45.4 Å². The summed E-state index contributed by atoms with van der Waals surface area (Å²) in [7, 11) is 0. The fraction of sp³-hybridized carbons (Fsp3) is 0.467. The summed E-state index contributed by atoms with van der Waals surface area (Å²) in [4.78, 5) is 0. The number of benzene rings is 1. The molecule has 3 rings (SSSR count). The number of halogens is 1. The molecule has 1 aromatic carbocycles. The van der Waals surface area contributed by atoms with Gasteiger partial charge in [-0.1, -0.05) is 6.07 Å². The second-order valence-corrected chi connectivity index (χ2v) is 5.30. The van der Waals surface area contributed by atoms with Crippen molar-refractivity contribution in [2.24, 2.45) is 0 Å². The largest absolute Gasteiger partial charge is 0.483 e. The monoisotopic (exact) mass is 291 g/mol. The summed E-state index contributed by atoms with van der Waals surface area (Å²) in [5.41, 5.74) is 0.528. The SMILES string of the molecule is C[C@H](O)c1ccc(OCc2nnc3n2CCCC3)c(F)c1. The number of fused-ring (bicyclic) bond motifs is 1. The Morgan fingerprint density at radius 3 is 3.00 bits per heavy atom. The molecule has 21 heavy (non-hydrogen) atoms. The van der Waals surface area contributed by atoms with Gasteiger partial charge >= 0.3 is 0 Å². The fourth-order valence-electron chi connectivity index (χ4n) is 2.51. The third-order valence-electron chi connectivity index (χ3n) is 3.73. The van der Waals surface area contributed by atoms with Crippen LogP contribution in [0.2, 0.25) is 0 Å². The van der Waals surface area contributed by atoms with Crippen LogP contribution in [0.4, 0.5) is 4.39 Å². The van der Waals surface area contributed by atoms with Crippen LogP contribution in [0, 0.1) is 5.82 Å². The summed E-state index contributed by atoms with van der Waals surface area (Å²) in [6, 6.07) is 4.48. The first-order valence-corrected chi connectivity index (χ1v) is 7.16.